The molecule has 0 aliphatic rings. The van der Waals surface area contributed by atoms with Gasteiger partial charge in [0.15, 0.2) is 3.95 Å². The van der Waals surface area contributed by atoms with Crippen LogP contribution >= 0.6 is 39.5 Å². The van der Waals surface area contributed by atoms with Crippen molar-refractivity contribution < 1.29 is 4.74 Å². The van der Waals surface area contributed by atoms with Crippen LogP contribution in [0.1, 0.15) is 18.9 Å². The first-order valence-corrected chi connectivity index (χ1v) is 9.38. The maximum Gasteiger partial charge on any atom is 0.204 e. The second-order valence-corrected chi connectivity index (χ2v) is 7.75. The number of methoxy groups -OCH3 is 1. The van der Waals surface area contributed by atoms with Crippen LogP contribution in [0.5, 0.6) is 5.75 Å². The van der Waals surface area contributed by atoms with E-state index in [1.165, 1.54) is 11.3 Å². The number of rotatable bonds is 8. The highest BCUT2D eigenvalue weighted by Crippen LogP contribution is 2.24. The van der Waals surface area contributed by atoms with Crippen molar-refractivity contribution in [2.45, 2.75) is 26.6 Å². The molecule has 0 spiro atoms. The van der Waals surface area contributed by atoms with Crippen LogP contribution in [-0.4, -0.2) is 35.4 Å². The van der Waals surface area contributed by atoms with E-state index in [2.05, 4.69) is 44.2 Å². The van der Waals surface area contributed by atoms with Crippen LogP contribution in [0, 0.1) is 3.95 Å². The largest absolute Gasteiger partial charge is 0.496 e. The van der Waals surface area contributed by atoms with Gasteiger partial charge in [-0.15, -0.1) is 5.10 Å². The molecule has 0 unspecified atom stereocenters. The van der Waals surface area contributed by atoms with Crippen molar-refractivity contribution in [2.75, 3.05) is 26.0 Å². The van der Waals surface area contributed by atoms with Crippen LogP contribution in [0.15, 0.2) is 22.7 Å². The summed E-state index contributed by atoms with van der Waals surface area (Å²) in [6.45, 7) is 4.42. The lowest BCUT2D eigenvalue weighted by atomic mass is 10.2. The van der Waals surface area contributed by atoms with Crippen LogP contribution in [0.25, 0.3) is 0 Å². The lowest BCUT2D eigenvalue weighted by Gasteiger charge is -2.18. The summed E-state index contributed by atoms with van der Waals surface area (Å²) in [4.78, 5) is 2.16. The Kier molecular flexibility index (Phi) is 7.01. The maximum absolute atomic E-state index is 5.43. The third-order valence-electron chi connectivity index (χ3n) is 3.19. The molecule has 0 saturated heterocycles. The van der Waals surface area contributed by atoms with E-state index in [0.717, 1.165) is 44.4 Å². The molecule has 2 aromatic rings. The standard InChI is InChI=1S/C15H21BrN4OS2/c1-4-7-17-14-18-20(15(22)23-14)10-19(2)9-11-8-12(16)5-6-13(11)21-3/h5-6,8H,4,7,9-10H2,1-3H3,(H,17,18). The maximum atomic E-state index is 5.43. The molecule has 0 aliphatic carbocycles. The fraction of sp³-hybridized carbons (Fsp3) is 0.467. The summed E-state index contributed by atoms with van der Waals surface area (Å²) < 4.78 is 9.09. The van der Waals surface area contributed by atoms with Gasteiger partial charge in [0.25, 0.3) is 0 Å². The molecule has 0 saturated carbocycles. The molecule has 23 heavy (non-hydrogen) atoms. The number of nitrogens with one attached hydrogen (secondary N) is 1. The van der Waals surface area contributed by atoms with Gasteiger partial charge < -0.3 is 10.1 Å². The Morgan fingerprint density at radius 2 is 2.26 bits per heavy atom. The van der Waals surface area contributed by atoms with Crippen molar-refractivity contribution >= 4 is 44.6 Å². The van der Waals surface area contributed by atoms with Gasteiger partial charge in [0, 0.05) is 23.1 Å². The van der Waals surface area contributed by atoms with E-state index in [0.29, 0.717) is 6.67 Å². The van der Waals surface area contributed by atoms with Crippen LogP contribution in [0.3, 0.4) is 0 Å². The van der Waals surface area contributed by atoms with Gasteiger partial charge in [-0.2, -0.15) is 0 Å². The predicted molar refractivity (Wildman–Crippen MR) is 102 cm³/mol. The van der Waals surface area contributed by atoms with E-state index in [4.69, 9.17) is 17.0 Å². The zero-order valence-corrected chi connectivity index (χ0v) is 16.7. The van der Waals surface area contributed by atoms with Crippen LogP contribution in [0.2, 0.25) is 0 Å². The summed E-state index contributed by atoms with van der Waals surface area (Å²) >= 11 is 10.4. The molecule has 0 amide bonds. The highest BCUT2D eigenvalue weighted by atomic mass is 79.9. The molecule has 0 bridgehead atoms. The van der Waals surface area contributed by atoms with E-state index in [1.807, 2.05) is 23.9 Å². The summed E-state index contributed by atoms with van der Waals surface area (Å²) in [5.41, 5.74) is 1.12. The highest BCUT2D eigenvalue weighted by Gasteiger charge is 2.10. The molecule has 2 rings (SSSR count). The number of anilines is 1. The summed E-state index contributed by atoms with van der Waals surface area (Å²) in [5.74, 6) is 0.882. The van der Waals surface area contributed by atoms with Crippen molar-refractivity contribution in [3.63, 3.8) is 0 Å². The normalized spacial score (nSPS) is 11.0. The molecule has 0 aliphatic heterocycles. The summed E-state index contributed by atoms with van der Waals surface area (Å²) in [6.07, 6.45) is 1.06. The van der Waals surface area contributed by atoms with Crippen LogP contribution < -0.4 is 10.1 Å². The van der Waals surface area contributed by atoms with E-state index >= 15 is 0 Å². The molecular formula is C15H21BrN4OS2. The fourth-order valence-electron chi connectivity index (χ4n) is 2.14. The van der Waals surface area contributed by atoms with Crippen molar-refractivity contribution in [3.05, 3.63) is 32.2 Å². The Balaban J connectivity index is 2.05. The van der Waals surface area contributed by atoms with E-state index in [9.17, 15) is 0 Å². The first-order chi connectivity index (χ1) is 11.0. The Labute approximate surface area is 154 Å². The molecule has 126 valence electrons. The molecule has 1 aromatic heterocycles. The van der Waals surface area contributed by atoms with Crippen LogP contribution in [0.4, 0.5) is 5.13 Å². The molecule has 1 heterocycles. The minimum atomic E-state index is 0.638. The molecule has 5 nitrogen and oxygen atoms in total. The fourth-order valence-corrected chi connectivity index (χ4v) is 3.57. The number of halogens is 1. The van der Waals surface area contributed by atoms with E-state index in [-0.39, 0.29) is 0 Å². The number of ether oxygens (including phenoxy) is 1. The average molecular weight is 417 g/mol. The van der Waals surface area contributed by atoms with Gasteiger partial charge >= 0.3 is 0 Å². The number of hydrogen-bond acceptors (Lipinski definition) is 6. The molecule has 0 atom stereocenters. The van der Waals surface area contributed by atoms with E-state index in [1.54, 1.807) is 7.11 Å². The minimum Gasteiger partial charge on any atom is -0.496 e. The average Bonchev–Trinajstić information content (AvgIpc) is 2.85. The van der Waals surface area contributed by atoms with E-state index < -0.39 is 0 Å². The monoisotopic (exact) mass is 416 g/mol. The van der Waals surface area contributed by atoms with Gasteiger partial charge in [-0.1, -0.05) is 34.2 Å². The Morgan fingerprint density at radius 3 is 2.96 bits per heavy atom. The third-order valence-corrected chi connectivity index (χ3v) is 4.95. The first-order valence-electron chi connectivity index (χ1n) is 7.36. The summed E-state index contributed by atoms with van der Waals surface area (Å²) in [5, 5.41) is 8.69. The van der Waals surface area contributed by atoms with Gasteiger partial charge in [0.2, 0.25) is 5.13 Å². The van der Waals surface area contributed by atoms with Crippen molar-refractivity contribution in [1.82, 2.24) is 14.7 Å². The summed E-state index contributed by atoms with van der Waals surface area (Å²) in [6, 6.07) is 6.02. The molecule has 0 radical (unpaired) electrons. The second-order valence-electron chi connectivity index (χ2n) is 5.21. The topological polar surface area (TPSA) is 42.3 Å². The van der Waals surface area contributed by atoms with Crippen molar-refractivity contribution in [2.24, 2.45) is 0 Å². The Bertz CT molecular complexity index is 701. The van der Waals surface area contributed by atoms with Crippen molar-refractivity contribution in [1.29, 1.82) is 0 Å². The SMILES string of the molecule is CCCNc1nn(CN(C)Cc2cc(Br)ccc2OC)c(=S)s1. The zero-order valence-electron chi connectivity index (χ0n) is 13.5. The minimum absolute atomic E-state index is 0.638. The molecule has 8 heteroatoms. The number of benzene rings is 1. The second kappa shape index (κ2) is 8.77. The lowest BCUT2D eigenvalue weighted by Crippen LogP contribution is -2.22. The van der Waals surface area contributed by atoms with Gasteiger partial charge in [-0.3, -0.25) is 4.90 Å². The smallest absolute Gasteiger partial charge is 0.204 e. The molecule has 0 fully saturated rings. The van der Waals surface area contributed by atoms with Gasteiger partial charge in [-0.05, 0) is 43.9 Å². The summed E-state index contributed by atoms with van der Waals surface area (Å²) in [7, 11) is 3.73. The van der Waals surface area contributed by atoms with Gasteiger partial charge in [-0.25, -0.2) is 4.68 Å². The number of hydrogen-bond donors (Lipinski definition) is 1. The Hall–Kier alpha value is -0.960. The molecular weight excluding hydrogens is 396 g/mol. The number of aromatic nitrogens is 2. The molecule has 1 N–H and O–H groups in total. The van der Waals surface area contributed by atoms with Crippen molar-refractivity contribution in [3.8, 4) is 5.75 Å². The quantitative estimate of drug-likeness (QED) is 0.647. The first kappa shape index (κ1) is 18.4. The zero-order chi connectivity index (χ0) is 16.8. The number of nitrogens with zero attached hydrogens (tertiary/aromatic N) is 3. The highest BCUT2D eigenvalue weighted by molar-refractivity contribution is 9.10. The predicted octanol–water partition coefficient (Wildman–Crippen LogP) is 4.36. The third kappa shape index (κ3) is 5.27. The molecule has 1 aromatic carbocycles. The lowest BCUT2D eigenvalue weighted by molar-refractivity contribution is 0.242. The van der Waals surface area contributed by atoms with Gasteiger partial charge in [0.05, 0.1) is 13.8 Å². The van der Waals surface area contributed by atoms with Crippen LogP contribution in [-0.2, 0) is 13.2 Å². The Morgan fingerprint density at radius 1 is 1.48 bits per heavy atom. The van der Waals surface area contributed by atoms with Gasteiger partial charge in [0.1, 0.15) is 5.75 Å².